The van der Waals surface area contributed by atoms with Gasteiger partial charge in [-0.2, -0.15) is 0 Å². The van der Waals surface area contributed by atoms with Crippen LogP contribution in [0.5, 0.6) is 0 Å². The number of methoxy groups -OCH3 is 1. The van der Waals surface area contributed by atoms with Gasteiger partial charge >= 0.3 is 5.97 Å². The van der Waals surface area contributed by atoms with Crippen LogP contribution < -0.4 is 0 Å². The lowest BCUT2D eigenvalue weighted by atomic mass is 10.1. The van der Waals surface area contributed by atoms with Crippen LogP contribution >= 0.6 is 0 Å². The molecular weight excluding hydrogens is 247 g/mol. The molecule has 100 valence electrons. The maximum Gasteiger partial charge on any atom is 0.319 e. The fourth-order valence-electron chi connectivity index (χ4n) is 2.63. The van der Waals surface area contributed by atoms with Gasteiger partial charge in [0.1, 0.15) is 17.1 Å². The number of rotatable bonds is 3. The van der Waals surface area contributed by atoms with Crippen LogP contribution in [0.4, 0.5) is 4.39 Å². The monoisotopic (exact) mass is 262 g/mol. The van der Waals surface area contributed by atoms with Crippen molar-refractivity contribution in [3.63, 3.8) is 0 Å². The molecule has 5 heteroatoms. The maximum absolute atomic E-state index is 13.3. The zero-order valence-electron chi connectivity index (χ0n) is 10.9. The normalized spacial score (nSPS) is 16.6. The van der Waals surface area contributed by atoms with Gasteiger partial charge in [0.15, 0.2) is 0 Å². The van der Waals surface area contributed by atoms with Crippen LogP contribution in [0, 0.1) is 5.82 Å². The number of aryl methyl sites for hydroxylation is 1. The van der Waals surface area contributed by atoms with Gasteiger partial charge in [0.05, 0.1) is 18.1 Å². The van der Waals surface area contributed by atoms with Crippen molar-refractivity contribution >= 4 is 17.0 Å². The molecule has 19 heavy (non-hydrogen) atoms. The van der Waals surface area contributed by atoms with E-state index in [0.29, 0.717) is 17.9 Å². The van der Waals surface area contributed by atoms with Crippen LogP contribution in [0.3, 0.4) is 0 Å². The number of halogens is 1. The molecule has 1 aliphatic rings. The fourth-order valence-corrected chi connectivity index (χ4v) is 2.63. The number of hydrogen-bond acceptors (Lipinski definition) is 3. The molecule has 1 aromatic heterocycles. The first kappa shape index (κ1) is 12.1. The summed E-state index contributed by atoms with van der Waals surface area (Å²) in [4.78, 5) is 16.4. The molecule has 1 saturated carbocycles. The summed E-state index contributed by atoms with van der Waals surface area (Å²) in [6.07, 6.45) is 1.48. The summed E-state index contributed by atoms with van der Waals surface area (Å²) in [5, 5.41) is 0. The lowest BCUT2D eigenvalue weighted by molar-refractivity contribution is -0.144. The molecule has 1 fully saturated rings. The van der Waals surface area contributed by atoms with Crippen molar-refractivity contribution in [3.05, 3.63) is 29.8 Å². The average Bonchev–Trinajstić information content (AvgIpc) is 3.14. The summed E-state index contributed by atoms with van der Waals surface area (Å²) < 4.78 is 20.1. The van der Waals surface area contributed by atoms with E-state index in [2.05, 4.69) is 4.98 Å². The molecule has 1 aromatic carbocycles. The highest BCUT2D eigenvalue weighted by Crippen LogP contribution is 2.49. The molecule has 1 aliphatic carbocycles. The van der Waals surface area contributed by atoms with Gasteiger partial charge in [-0.3, -0.25) is 4.79 Å². The Morgan fingerprint density at radius 3 is 2.84 bits per heavy atom. The summed E-state index contributed by atoms with van der Waals surface area (Å²) >= 11 is 0. The van der Waals surface area contributed by atoms with Gasteiger partial charge in [0.25, 0.3) is 0 Å². The van der Waals surface area contributed by atoms with Gasteiger partial charge in [-0.1, -0.05) is 0 Å². The summed E-state index contributed by atoms with van der Waals surface area (Å²) in [7, 11) is 1.39. The van der Waals surface area contributed by atoms with Crippen molar-refractivity contribution in [1.82, 2.24) is 9.55 Å². The number of carbonyl (C=O) groups is 1. The molecule has 0 bridgehead atoms. The molecule has 0 aliphatic heterocycles. The Morgan fingerprint density at radius 1 is 1.53 bits per heavy atom. The summed E-state index contributed by atoms with van der Waals surface area (Å²) in [5.74, 6) is 0.128. The van der Waals surface area contributed by atoms with Gasteiger partial charge in [-0.15, -0.1) is 0 Å². The maximum atomic E-state index is 13.3. The quantitative estimate of drug-likeness (QED) is 0.798. The second kappa shape index (κ2) is 4.05. The molecule has 0 N–H and O–H groups in total. The molecule has 0 saturated heterocycles. The number of imidazole rings is 1. The first-order chi connectivity index (χ1) is 9.12. The second-order valence-corrected chi connectivity index (χ2v) is 4.89. The van der Waals surface area contributed by atoms with E-state index in [1.165, 1.54) is 19.2 Å². The Hall–Kier alpha value is -1.91. The molecule has 3 rings (SSSR count). The van der Waals surface area contributed by atoms with Crippen LogP contribution in [-0.4, -0.2) is 22.6 Å². The van der Waals surface area contributed by atoms with E-state index in [1.807, 2.05) is 11.5 Å². The van der Waals surface area contributed by atoms with E-state index >= 15 is 0 Å². The Balaban J connectivity index is 2.21. The minimum absolute atomic E-state index is 0.252. The highest BCUT2D eigenvalue weighted by molar-refractivity contribution is 5.87. The zero-order valence-corrected chi connectivity index (χ0v) is 10.9. The third-order valence-corrected chi connectivity index (χ3v) is 3.78. The number of ether oxygens (including phenoxy) is 1. The van der Waals surface area contributed by atoms with Crippen LogP contribution in [0.15, 0.2) is 18.2 Å². The van der Waals surface area contributed by atoms with Gasteiger partial charge in [0.2, 0.25) is 0 Å². The highest BCUT2D eigenvalue weighted by atomic mass is 19.1. The largest absolute Gasteiger partial charge is 0.468 e. The molecule has 0 atom stereocenters. The molecule has 0 spiro atoms. The van der Waals surface area contributed by atoms with Crippen molar-refractivity contribution in [2.75, 3.05) is 7.11 Å². The standard InChI is InChI=1S/C14H15FN2O2/c1-3-17-11-5-4-9(15)8-10(11)16-12(17)14(6-7-14)13(18)19-2/h4-5,8H,3,6-7H2,1-2H3. The highest BCUT2D eigenvalue weighted by Gasteiger charge is 2.56. The number of carbonyl (C=O) groups excluding carboxylic acids is 1. The lowest BCUT2D eigenvalue weighted by Gasteiger charge is -2.14. The molecular formula is C14H15FN2O2. The average molecular weight is 262 g/mol. The van der Waals surface area contributed by atoms with Gasteiger partial charge in [-0.25, -0.2) is 9.37 Å². The van der Waals surface area contributed by atoms with Crippen molar-refractivity contribution in [3.8, 4) is 0 Å². The summed E-state index contributed by atoms with van der Waals surface area (Å²) in [5.41, 5.74) is 0.821. The van der Waals surface area contributed by atoms with Gasteiger partial charge in [-0.05, 0) is 31.9 Å². The molecule has 4 nitrogen and oxygen atoms in total. The van der Waals surface area contributed by atoms with E-state index in [4.69, 9.17) is 4.74 Å². The fraction of sp³-hybridized carbons (Fsp3) is 0.429. The smallest absolute Gasteiger partial charge is 0.319 e. The number of hydrogen-bond donors (Lipinski definition) is 0. The molecule has 0 amide bonds. The summed E-state index contributed by atoms with van der Waals surface area (Å²) in [6.45, 7) is 2.68. The Bertz CT molecular complexity index is 659. The topological polar surface area (TPSA) is 44.1 Å². The Kier molecular flexibility index (Phi) is 2.59. The number of esters is 1. The first-order valence-corrected chi connectivity index (χ1v) is 6.37. The van der Waals surface area contributed by atoms with Crippen LogP contribution in [0.1, 0.15) is 25.6 Å². The minimum atomic E-state index is -0.625. The SMILES string of the molecule is CCn1c(C2(C(=O)OC)CC2)nc2cc(F)ccc21. The molecule has 0 radical (unpaired) electrons. The molecule has 2 aromatic rings. The zero-order chi connectivity index (χ0) is 13.6. The third kappa shape index (κ3) is 1.64. The Morgan fingerprint density at radius 2 is 2.26 bits per heavy atom. The number of benzene rings is 1. The predicted octanol–water partition coefficient (Wildman–Crippen LogP) is 2.40. The summed E-state index contributed by atoms with van der Waals surface area (Å²) in [6, 6.07) is 4.52. The van der Waals surface area contributed by atoms with Crippen molar-refractivity contribution in [2.45, 2.75) is 31.7 Å². The second-order valence-electron chi connectivity index (χ2n) is 4.89. The van der Waals surface area contributed by atoms with Gasteiger partial charge < -0.3 is 9.30 Å². The van der Waals surface area contributed by atoms with Crippen molar-refractivity contribution < 1.29 is 13.9 Å². The minimum Gasteiger partial charge on any atom is -0.468 e. The lowest BCUT2D eigenvalue weighted by Crippen LogP contribution is -2.26. The van der Waals surface area contributed by atoms with E-state index in [1.54, 1.807) is 6.07 Å². The van der Waals surface area contributed by atoms with E-state index < -0.39 is 5.41 Å². The third-order valence-electron chi connectivity index (χ3n) is 3.78. The van der Waals surface area contributed by atoms with Crippen LogP contribution in [0.25, 0.3) is 11.0 Å². The number of aromatic nitrogens is 2. The number of nitrogens with zero attached hydrogens (tertiary/aromatic N) is 2. The first-order valence-electron chi connectivity index (χ1n) is 6.37. The van der Waals surface area contributed by atoms with E-state index in [9.17, 15) is 9.18 Å². The van der Waals surface area contributed by atoms with Crippen molar-refractivity contribution in [1.29, 1.82) is 0 Å². The molecule has 0 unspecified atom stereocenters. The van der Waals surface area contributed by atoms with E-state index in [-0.39, 0.29) is 11.8 Å². The Labute approximate surface area is 110 Å². The molecule has 1 heterocycles. The number of fused-ring (bicyclic) bond motifs is 1. The van der Waals surface area contributed by atoms with Crippen LogP contribution in [-0.2, 0) is 21.5 Å². The van der Waals surface area contributed by atoms with Crippen molar-refractivity contribution in [2.24, 2.45) is 0 Å². The predicted molar refractivity (Wildman–Crippen MR) is 68.3 cm³/mol. The van der Waals surface area contributed by atoms with Gasteiger partial charge in [0, 0.05) is 12.6 Å². The van der Waals surface area contributed by atoms with Crippen LogP contribution in [0.2, 0.25) is 0 Å². The van der Waals surface area contributed by atoms with E-state index in [0.717, 1.165) is 18.4 Å².